The first-order valence-corrected chi connectivity index (χ1v) is 12.5. The number of rotatable bonds is 13. The third-order valence-corrected chi connectivity index (χ3v) is 8.32. The van der Waals surface area contributed by atoms with Crippen LogP contribution in [-0.4, -0.2) is 49.8 Å². The van der Waals surface area contributed by atoms with Gasteiger partial charge in [-0.1, -0.05) is 36.2 Å². The molecule has 0 aliphatic rings. The molecule has 0 aliphatic carbocycles. The molecule has 0 saturated carbocycles. The lowest BCUT2D eigenvalue weighted by atomic mass is 10.1. The fourth-order valence-electron chi connectivity index (χ4n) is 2.03. The fraction of sp³-hybridized carbons (Fsp3) is 1.00. The van der Waals surface area contributed by atoms with Crippen LogP contribution in [0.3, 0.4) is 0 Å². The van der Waals surface area contributed by atoms with Gasteiger partial charge in [-0.3, -0.25) is 4.55 Å². The van der Waals surface area contributed by atoms with E-state index in [1.807, 2.05) is 0 Å². The van der Waals surface area contributed by atoms with E-state index >= 15 is 0 Å². The van der Waals surface area contributed by atoms with E-state index in [9.17, 15) is 17.5 Å². The minimum Gasteiger partial charge on any atom is -0.616 e. The van der Waals surface area contributed by atoms with E-state index < -0.39 is 37.2 Å². The highest BCUT2D eigenvalue weighted by molar-refractivity contribution is 7.92. The van der Waals surface area contributed by atoms with Crippen molar-refractivity contribution in [1.29, 1.82) is 0 Å². The summed E-state index contributed by atoms with van der Waals surface area (Å²) < 4.78 is 53.8. The Hall–Kier alpha value is 0.530. The van der Waals surface area contributed by atoms with Gasteiger partial charge in [0.25, 0.3) is 10.1 Å². The standard InChI is InChI=1S/C15H32O5S3/c1-14(2)8-5-10-21(16)12-7-13-22(17)11-6-9-15(3,4)23(18,19)20/h14H,5-13H2,1-4H3,(H,18,19,20). The highest BCUT2D eigenvalue weighted by atomic mass is 32.2. The molecule has 2 unspecified atom stereocenters. The lowest BCUT2D eigenvalue weighted by molar-refractivity contribution is 0.429. The first-order valence-electron chi connectivity index (χ1n) is 8.12. The zero-order chi connectivity index (χ0) is 18.1. The van der Waals surface area contributed by atoms with E-state index in [0.29, 0.717) is 41.8 Å². The van der Waals surface area contributed by atoms with Crippen LogP contribution in [0.4, 0.5) is 0 Å². The second-order valence-electron chi connectivity index (χ2n) is 6.92. The van der Waals surface area contributed by atoms with Crippen molar-refractivity contribution in [3.05, 3.63) is 0 Å². The van der Waals surface area contributed by atoms with Crippen molar-refractivity contribution >= 4 is 32.5 Å². The second kappa shape index (κ2) is 11.2. The normalized spacial score (nSPS) is 15.8. The lowest BCUT2D eigenvalue weighted by Crippen LogP contribution is -2.32. The van der Waals surface area contributed by atoms with Crippen molar-refractivity contribution in [1.82, 2.24) is 0 Å². The predicted octanol–water partition coefficient (Wildman–Crippen LogP) is 2.76. The minimum atomic E-state index is -4.08. The van der Waals surface area contributed by atoms with Gasteiger partial charge in [-0.15, -0.1) is 0 Å². The maximum absolute atomic E-state index is 11.9. The van der Waals surface area contributed by atoms with Crippen LogP contribution in [0.2, 0.25) is 0 Å². The van der Waals surface area contributed by atoms with Crippen LogP contribution in [0.15, 0.2) is 0 Å². The van der Waals surface area contributed by atoms with Crippen LogP contribution >= 0.6 is 0 Å². The summed E-state index contributed by atoms with van der Waals surface area (Å²) in [5.74, 6) is 2.85. The average Bonchev–Trinajstić information content (AvgIpc) is 2.36. The first-order chi connectivity index (χ1) is 10.5. The Balaban J connectivity index is 3.78. The highest BCUT2D eigenvalue weighted by Gasteiger charge is 2.32. The van der Waals surface area contributed by atoms with E-state index in [1.54, 1.807) is 0 Å². The molecule has 0 saturated heterocycles. The van der Waals surface area contributed by atoms with Crippen molar-refractivity contribution in [3.63, 3.8) is 0 Å². The van der Waals surface area contributed by atoms with E-state index in [-0.39, 0.29) is 6.42 Å². The Morgan fingerprint density at radius 1 is 0.957 bits per heavy atom. The van der Waals surface area contributed by atoms with Gasteiger partial charge in [0.2, 0.25) is 0 Å². The lowest BCUT2D eigenvalue weighted by Gasteiger charge is -2.21. The van der Waals surface area contributed by atoms with E-state index in [1.165, 1.54) is 13.8 Å². The predicted molar refractivity (Wildman–Crippen MR) is 99.3 cm³/mol. The highest BCUT2D eigenvalue weighted by Crippen LogP contribution is 2.21. The van der Waals surface area contributed by atoms with E-state index in [4.69, 9.17) is 4.55 Å². The van der Waals surface area contributed by atoms with Gasteiger partial charge in [0, 0.05) is 6.42 Å². The summed E-state index contributed by atoms with van der Waals surface area (Å²) in [7, 11) is -4.08. The average molecular weight is 389 g/mol. The third-order valence-electron chi connectivity index (χ3n) is 3.75. The molecule has 8 heteroatoms. The summed E-state index contributed by atoms with van der Waals surface area (Å²) in [4.78, 5) is 0. The molecule has 1 N–H and O–H groups in total. The maximum Gasteiger partial charge on any atom is 0.270 e. The topological polar surface area (TPSA) is 100 Å². The third kappa shape index (κ3) is 11.7. The molecule has 0 rings (SSSR count). The van der Waals surface area contributed by atoms with Gasteiger partial charge in [0.05, 0.1) is 4.75 Å². The van der Waals surface area contributed by atoms with Crippen LogP contribution in [0, 0.1) is 5.92 Å². The Bertz CT molecular complexity index is 409. The van der Waals surface area contributed by atoms with Gasteiger partial charge >= 0.3 is 0 Å². The van der Waals surface area contributed by atoms with E-state index in [0.717, 1.165) is 12.8 Å². The molecule has 0 fully saturated rings. The molecule has 140 valence electrons. The molecule has 0 amide bonds. The smallest absolute Gasteiger partial charge is 0.270 e. The summed E-state index contributed by atoms with van der Waals surface area (Å²) in [5, 5.41) is 0. The molecular weight excluding hydrogens is 356 g/mol. The molecule has 0 heterocycles. The van der Waals surface area contributed by atoms with Crippen molar-refractivity contribution in [2.45, 2.75) is 64.5 Å². The zero-order valence-electron chi connectivity index (χ0n) is 14.7. The largest absolute Gasteiger partial charge is 0.616 e. The van der Waals surface area contributed by atoms with Crippen LogP contribution in [0.25, 0.3) is 0 Å². The van der Waals surface area contributed by atoms with Crippen molar-refractivity contribution in [2.75, 3.05) is 23.0 Å². The Morgan fingerprint density at radius 2 is 1.39 bits per heavy atom. The zero-order valence-corrected chi connectivity index (χ0v) is 17.2. The van der Waals surface area contributed by atoms with Crippen molar-refractivity contribution in [3.8, 4) is 0 Å². The molecule has 23 heavy (non-hydrogen) atoms. The molecule has 2 atom stereocenters. The monoisotopic (exact) mass is 388 g/mol. The molecule has 5 nitrogen and oxygen atoms in total. The Morgan fingerprint density at radius 3 is 1.83 bits per heavy atom. The molecule has 0 radical (unpaired) electrons. The Kier molecular flexibility index (Phi) is 11.5. The maximum atomic E-state index is 11.9. The molecule has 0 aliphatic heterocycles. The molecule has 0 aromatic rings. The van der Waals surface area contributed by atoms with Crippen LogP contribution in [0.1, 0.15) is 59.8 Å². The molecular formula is C15H32O5S3. The minimum absolute atomic E-state index is 0.276. The van der Waals surface area contributed by atoms with Crippen molar-refractivity contribution in [2.24, 2.45) is 5.92 Å². The first kappa shape index (κ1) is 23.5. The van der Waals surface area contributed by atoms with Gasteiger partial charge < -0.3 is 9.11 Å². The molecule has 0 spiro atoms. The summed E-state index contributed by atoms with van der Waals surface area (Å²) in [6.45, 7) is 7.22. The summed E-state index contributed by atoms with van der Waals surface area (Å²) >= 11 is -1.85. The van der Waals surface area contributed by atoms with Crippen LogP contribution in [0.5, 0.6) is 0 Å². The van der Waals surface area contributed by atoms with Gasteiger partial charge in [0.15, 0.2) is 0 Å². The second-order valence-corrected chi connectivity index (χ2v) is 12.4. The summed E-state index contributed by atoms with van der Waals surface area (Å²) in [6.07, 6.45) is 3.48. The molecule has 0 bridgehead atoms. The van der Waals surface area contributed by atoms with Gasteiger partial charge in [-0.2, -0.15) is 8.42 Å². The molecule has 0 aromatic carbocycles. The van der Waals surface area contributed by atoms with Gasteiger partial charge in [-0.25, -0.2) is 0 Å². The number of hydrogen-bond donors (Lipinski definition) is 1. The quantitative estimate of drug-likeness (QED) is 0.386. The van der Waals surface area contributed by atoms with E-state index in [2.05, 4.69) is 13.8 Å². The SMILES string of the molecule is CC(C)CCC[S+]([O-])CCC[S+]([O-])CCCC(C)(C)S(=O)(=O)O. The molecule has 0 aromatic heterocycles. The fourth-order valence-corrected chi connectivity index (χ4v) is 4.91. The Labute approximate surface area is 148 Å². The van der Waals surface area contributed by atoms with Gasteiger partial charge in [0.1, 0.15) is 23.0 Å². The summed E-state index contributed by atoms with van der Waals surface area (Å²) in [6, 6.07) is 0. The van der Waals surface area contributed by atoms with Crippen LogP contribution in [-0.2, 0) is 32.5 Å². The van der Waals surface area contributed by atoms with Crippen LogP contribution < -0.4 is 0 Å². The summed E-state index contributed by atoms with van der Waals surface area (Å²) in [5.41, 5.74) is 0. The van der Waals surface area contributed by atoms with Crippen molar-refractivity contribution < 1.29 is 22.1 Å². The number of hydrogen-bond acceptors (Lipinski definition) is 4. The van der Waals surface area contributed by atoms with Gasteiger partial charge in [-0.05, 0) is 45.4 Å².